The number of carbonyl (C=O) groups excluding carboxylic acids is 1. The molecule has 0 aliphatic heterocycles. The van der Waals surface area contributed by atoms with E-state index in [9.17, 15) is 14.7 Å². The number of anilines is 1. The Balaban J connectivity index is 1.36. The summed E-state index contributed by atoms with van der Waals surface area (Å²) in [6.45, 7) is 0.556. The first-order chi connectivity index (χ1) is 17.9. The molecule has 1 aromatic heterocycles. The number of ether oxygens (including phenoxy) is 3. The van der Waals surface area contributed by atoms with Crippen molar-refractivity contribution >= 4 is 38.7 Å². The zero-order chi connectivity index (χ0) is 26.2. The van der Waals surface area contributed by atoms with Crippen LogP contribution in [0.5, 0.6) is 17.2 Å². The van der Waals surface area contributed by atoms with Gasteiger partial charge in [0, 0.05) is 13.6 Å². The van der Waals surface area contributed by atoms with Gasteiger partial charge in [0.05, 0.1) is 23.9 Å². The lowest BCUT2D eigenvalue weighted by Gasteiger charge is -2.21. The third kappa shape index (κ3) is 6.89. The minimum atomic E-state index is -1.15. The average Bonchev–Trinajstić information content (AvgIpc) is 3.33. The highest BCUT2D eigenvalue weighted by molar-refractivity contribution is 7.22. The molecular weight excluding hydrogens is 494 g/mol. The predicted octanol–water partition coefficient (Wildman–Crippen LogP) is 4.91. The number of benzene rings is 3. The standard InChI is InChI=1S/C27H27N3O6S/c1-29(26-28-21-10-3-6-13-24(21)37-26)14-15-35-20-9-7-8-19(16-20)17-30(18-25(31)32)27(33)36-23-12-5-4-11-22(23)34-2/h3-13,16H,14-15,17-18H2,1-2H3,(H,31,32). The van der Waals surface area contributed by atoms with E-state index in [0.29, 0.717) is 30.2 Å². The highest BCUT2D eigenvalue weighted by Crippen LogP contribution is 2.28. The number of rotatable bonds is 11. The van der Waals surface area contributed by atoms with E-state index in [1.165, 1.54) is 7.11 Å². The summed E-state index contributed by atoms with van der Waals surface area (Å²) in [4.78, 5) is 32.0. The number of carboxylic acids is 1. The summed E-state index contributed by atoms with van der Waals surface area (Å²) in [5.74, 6) is 0.0443. The maximum Gasteiger partial charge on any atom is 0.416 e. The number of likely N-dealkylation sites (N-methyl/N-ethyl adjacent to an activating group) is 1. The van der Waals surface area contributed by atoms with E-state index in [4.69, 9.17) is 14.2 Å². The lowest BCUT2D eigenvalue weighted by molar-refractivity contribution is -0.138. The Labute approximate surface area is 218 Å². The van der Waals surface area contributed by atoms with Crippen molar-refractivity contribution in [3.05, 3.63) is 78.4 Å². The van der Waals surface area contributed by atoms with Gasteiger partial charge in [-0.1, -0.05) is 47.7 Å². The molecule has 0 saturated heterocycles. The normalized spacial score (nSPS) is 10.6. The lowest BCUT2D eigenvalue weighted by atomic mass is 10.2. The molecule has 0 spiro atoms. The molecular formula is C27H27N3O6S. The molecule has 0 aliphatic rings. The third-order valence-electron chi connectivity index (χ3n) is 5.43. The molecule has 9 nitrogen and oxygen atoms in total. The molecule has 0 aliphatic carbocycles. The van der Waals surface area contributed by atoms with Gasteiger partial charge in [0.25, 0.3) is 0 Å². The molecule has 192 valence electrons. The van der Waals surface area contributed by atoms with Crippen molar-refractivity contribution in [3.8, 4) is 17.2 Å². The smallest absolute Gasteiger partial charge is 0.416 e. The molecule has 10 heteroatoms. The minimum Gasteiger partial charge on any atom is -0.493 e. The summed E-state index contributed by atoms with van der Waals surface area (Å²) in [6.07, 6.45) is -0.796. The van der Waals surface area contributed by atoms with Gasteiger partial charge in [0.1, 0.15) is 18.9 Å². The molecule has 0 unspecified atom stereocenters. The fourth-order valence-corrected chi connectivity index (χ4v) is 4.54. The van der Waals surface area contributed by atoms with E-state index >= 15 is 0 Å². The molecule has 0 bridgehead atoms. The van der Waals surface area contributed by atoms with Crippen LogP contribution in [0.3, 0.4) is 0 Å². The lowest BCUT2D eigenvalue weighted by Crippen LogP contribution is -2.37. The molecule has 3 aromatic carbocycles. The first-order valence-corrected chi connectivity index (χ1v) is 12.3. The summed E-state index contributed by atoms with van der Waals surface area (Å²) in [5.41, 5.74) is 1.67. The van der Waals surface area contributed by atoms with Crippen LogP contribution in [0.4, 0.5) is 9.93 Å². The van der Waals surface area contributed by atoms with Gasteiger partial charge in [-0.25, -0.2) is 9.78 Å². The largest absolute Gasteiger partial charge is 0.493 e. The Bertz CT molecular complexity index is 1340. The molecule has 1 amide bonds. The van der Waals surface area contributed by atoms with Gasteiger partial charge >= 0.3 is 12.1 Å². The second-order valence-electron chi connectivity index (χ2n) is 8.15. The molecule has 1 N–H and O–H groups in total. The number of nitrogens with zero attached hydrogens (tertiary/aromatic N) is 3. The van der Waals surface area contributed by atoms with Crippen molar-refractivity contribution in [1.29, 1.82) is 0 Å². The van der Waals surface area contributed by atoms with Crippen LogP contribution in [0, 0.1) is 0 Å². The number of aliphatic carboxylic acids is 1. The summed E-state index contributed by atoms with van der Waals surface area (Å²) < 4.78 is 17.7. The van der Waals surface area contributed by atoms with Crippen molar-refractivity contribution in [1.82, 2.24) is 9.88 Å². The van der Waals surface area contributed by atoms with Crippen molar-refractivity contribution in [2.75, 3.05) is 38.8 Å². The zero-order valence-corrected chi connectivity index (χ0v) is 21.3. The van der Waals surface area contributed by atoms with Crippen molar-refractivity contribution in [2.24, 2.45) is 0 Å². The number of methoxy groups -OCH3 is 1. The molecule has 0 radical (unpaired) electrons. The minimum absolute atomic E-state index is 0.0308. The SMILES string of the molecule is COc1ccccc1OC(=O)N(CC(=O)O)Cc1cccc(OCCN(C)c2nc3ccccc3s2)c1. The van der Waals surface area contributed by atoms with Crippen molar-refractivity contribution < 1.29 is 28.9 Å². The van der Waals surface area contributed by atoms with Crippen LogP contribution >= 0.6 is 11.3 Å². The second kappa shape index (κ2) is 12.1. The Hall–Kier alpha value is -4.31. The second-order valence-corrected chi connectivity index (χ2v) is 9.16. The average molecular weight is 522 g/mol. The number of fused-ring (bicyclic) bond motifs is 1. The molecule has 0 fully saturated rings. The predicted molar refractivity (Wildman–Crippen MR) is 142 cm³/mol. The Morgan fingerprint density at radius 3 is 2.51 bits per heavy atom. The first kappa shape index (κ1) is 25.8. The van der Waals surface area contributed by atoms with Crippen LogP contribution in [0.15, 0.2) is 72.8 Å². The van der Waals surface area contributed by atoms with Crippen molar-refractivity contribution in [3.63, 3.8) is 0 Å². The van der Waals surface area contributed by atoms with Crippen LogP contribution in [-0.4, -0.2) is 60.9 Å². The number of hydrogen-bond donors (Lipinski definition) is 1. The van der Waals surface area contributed by atoms with E-state index in [-0.39, 0.29) is 12.3 Å². The number of hydrogen-bond acceptors (Lipinski definition) is 8. The van der Waals surface area contributed by atoms with E-state index < -0.39 is 18.6 Å². The fourth-order valence-electron chi connectivity index (χ4n) is 3.58. The monoisotopic (exact) mass is 521 g/mol. The molecule has 4 rings (SSSR count). The zero-order valence-electron chi connectivity index (χ0n) is 20.5. The van der Waals surface area contributed by atoms with Gasteiger partial charge in [0.2, 0.25) is 0 Å². The third-order valence-corrected chi connectivity index (χ3v) is 6.58. The van der Waals surface area contributed by atoms with E-state index in [0.717, 1.165) is 20.2 Å². The maximum atomic E-state index is 12.8. The summed E-state index contributed by atoms with van der Waals surface area (Å²) >= 11 is 1.63. The molecule has 4 aromatic rings. The molecule has 0 atom stereocenters. The van der Waals surface area contributed by atoms with E-state index in [2.05, 4.69) is 4.98 Å². The topological polar surface area (TPSA) is 101 Å². The number of para-hydroxylation sites is 3. The molecule has 0 saturated carbocycles. The van der Waals surface area contributed by atoms with Crippen LogP contribution in [-0.2, 0) is 11.3 Å². The van der Waals surface area contributed by atoms with Crippen LogP contribution in [0.2, 0.25) is 0 Å². The number of thiazole rings is 1. The van der Waals surface area contributed by atoms with Gasteiger partial charge in [-0.05, 0) is 42.0 Å². The van der Waals surface area contributed by atoms with Crippen LogP contribution in [0.25, 0.3) is 10.2 Å². The molecule has 37 heavy (non-hydrogen) atoms. The maximum absolute atomic E-state index is 12.8. The number of aromatic nitrogens is 1. The van der Waals surface area contributed by atoms with Gasteiger partial charge in [0.15, 0.2) is 16.6 Å². The Morgan fingerprint density at radius 2 is 1.76 bits per heavy atom. The summed E-state index contributed by atoms with van der Waals surface area (Å²) in [7, 11) is 3.43. The van der Waals surface area contributed by atoms with Gasteiger partial charge in [-0.3, -0.25) is 9.69 Å². The van der Waals surface area contributed by atoms with Gasteiger partial charge in [-0.15, -0.1) is 0 Å². The Morgan fingerprint density at radius 1 is 1.00 bits per heavy atom. The van der Waals surface area contributed by atoms with Crippen LogP contribution < -0.4 is 19.1 Å². The number of carbonyl (C=O) groups is 2. The van der Waals surface area contributed by atoms with Gasteiger partial charge in [-0.2, -0.15) is 0 Å². The number of carboxylic acid groups (broad SMARTS) is 1. The molecule has 1 heterocycles. The fraction of sp³-hybridized carbons (Fsp3) is 0.222. The highest BCUT2D eigenvalue weighted by Gasteiger charge is 2.21. The first-order valence-electron chi connectivity index (χ1n) is 11.5. The van der Waals surface area contributed by atoms with E-state index in [1.807, 2.05) is 42.3 Å². The Kier molecular flexibility index (Phi) is 8.42. The summed E-state index contributed by atoms with van der Waals surface area (Å²) in [6, 6.07) is 21.9. The number of amides is 1. The quantitative estimate of drug-likeness (QED) is 0.297. The summed E-state index contributed by atoms with van der Waals surface area (Å²) in [5, 5.41) is 10.2. The van der Waals surface area contributed by atoms with Gasteiger partial charge < -0.3 is 24.2 Å². The van der Waals surface area contributed by atoms with Crippen LogP contribution in [0.1, 0.15) is 5.56 Å². The van der Waals surface area contributed by atoms with E-state index in [1.54, 1.807) is 53.8 Å². The van der Waals surface area contributed by atoms with Crippen molar-refractivity contribution in [2.45, 2.75) is 6.54 Å². The highest BCUT2D eigenvalue weighted by atomic mass is 32.1.